The van der Waals surface area contributed by atoms with E-state index in [1.807, 2.05) is 19.9 Å². The smallest absolute Gasteiger partial charge is 0.186 e. The summed E-state index contributed by atoms with van der Waals surface area (Å²) in [6.45, 7) is 4.36. The first-order chi connectivity index (χ1) is 9.50. The maximum Gasteiger partial charge on any atom is 0.186 e. The first-order valence-electron chi connectivity index (χ1n) is 6.18. The van der Waals surface area contributed by atoms with Crippen LogP contribution in [0.15, 0.2) is 29.4 Å². The maximum absolute atomic E-state index is 9.07. The van der Waals surface area contributed by atoms with E-state index in [9.17, 15) is 0 Å². The minimum absolute atomic E-state index is 0.182. The van der Waals surface area contributed by atoms with Crippen LogP contribution >= 0.6 is 11.6 Å². The van der Waals surface area contributed by atoms with Gasteiger partial charge in [-0.2, -0.15) is 5.26 Å². The average Bonchev–Trinajstić information content (AvgIpc) is 2.76. The number of hydrogen-bond donors (Lipinski definition) is 0. The fourth-order valence-corrected chi connectivity index (χ4v) is 1.90. The maximum atomic E-state index is 9.07. The molecule has 1 aromatic carbocycles. The highest BCUT2D eigenvalue weighted by molar-refractivity contribution is 6.30. The second-order valence-corrected chi connectivity index (χ2v) is 5.24. The van der Waals surface area contributed by atoms with Crippen molar-refractivity contribution in [2.24, 2.45) is 5.16 Å². The fourth-order valence-electron chi connectivity index (χ4n) is 1.78. The largest absolute Gasteiger partial charge is 0.392 e. The number of benzene rings is 1. The molecule has 6 heteroatoms. The summed E-state index contributed by atoms with van der Waals surface area (Å²) in [5.41, 5.74) is 0.848. The van der Waals surface area contributed by atoms with Crippen LogP contribution in [-0.2, 0) is 14.3 Å². The highest BCUT2D eigenvalue weighted by Gasteiger charge is 2.33. The third kappa shape index (κ3) is 3.94. The summed E-state index contributed by atoms with van der Waals surface area (Å²) in [6, 6.07) is 8.81. The normalized spacial score (nSPS) is 21.5. The Kier molecular flexibility index (Phi) is 4.61. The zero-order valence-corrected chi connectivity index (χ0v) is 12.1. The average molecular weight is 295 g/mol. The molecular weight excluding hydrogens is 280 g/mol. The van der Waals surface area contributed by atoms with Gasteiger partial charge >= 0.3 is 0 Å². The van der Waals surface area contributed by atoms with Crippen LogP contribution in [0, 0.1) is 11.3 Å². The zero-order valence-electron chi connectivity index (χ0n) is 11.3. The van der Waals surface area contributed by atoms with Crippen LogP contribution in [0.25, 0.3) is 0 Å². The Hall–Kier alpha value is -1.61. The van der Waals surface area contributed by atoms with Crippen molar-refractivity contribution in [3.63, 3.8) is 0 Å². The van der Waals surface area contributed by atoms with Gasteiger partial charge in [0.1, 0.15) is 18.8 Å². The highest BCUT2D eigenvalue weighted by atomic mass is 35.5. The third-order valence-corrected chi connectivity index (χ3v) is 2.96. The van der Waals surface area contributed by atoms with E-state index >= 15 is 0 Å². The first kappa shape index (κ1) is 14.8. The lowest BCUT2D eigenvalue weighted by Crippen LogP contribution is -2.23. The quantitative estimate of drug-likeness (QED) is 0.633. The van der Waals surface area contributed by atoms with E-state index in [0.29, 0.717) is 17.2 Å². The van der Waals surface area contributed by atoms with Crippen molar-refractivity contribution in [1.82, 2.24) is 0 Å². The number of halogens is 1. The molecule has 1 unspecified atom stereocenters. The lowest BCUT2D eigenvalue weighted by molar-refractivity contribution is -0.144. The van der Waals surface area contributed by atoms with Crippen LogP contribution in [-0.4, -0.2) is 30.8 Å². The fraction of sp³-hybridized carbons (Fsp3) is 0.429. The Balaban J connectivity index is 1.92. The van der Waals surface area contributed by atoms with Crippen LogP contribution in [0.3, 0.4) is 0 Å². The van der Waals surface area contributed by atoms with Crippen LogP contribution in [0.4, 0.5) is 0 Å². The van der Waals surface area contributed by atoms with Gasteiger partial charge in [0.15, 0.2) is 11.5 Å². The molecule has 0 amide bonds. The molecule has 1 aliphatic rings. The van der Waals surface area contributed by atoms with Gasteiger partial charge in [0.2, 0.25) is 0 Å². The van der Waals surface area contributed by atoms with E-state index < -0.39 is 5.79 Å². The van der Waals surface area contributed by atoms with Crippen molar-refractivity contribution >= 4 is 17.3 Å². The molecule has 1 heterocycles. The highest BCUT2D eigenvalue weighted by Crippen LogP contribution is 2.22. The van der Waals surface area contributed by atoms with E-state index in [1.54, 1.807) is 24.3 Å². The number of oxime groups is 1. The Morgan fingerprint density at radius 2 is 2.20 bits per heavy atom. The molecule has 2 rings (SSSR count). The van der Waals surface area contributed by atoms with Crippen molar-refractivity contribution in [3.05, 3.63) is 34.9 Å². The summed E-state index contributed by atoms with van der Waals surface area (Å²) < 4.78 is 11.0. The molecule has 0 bridgehead atoms. The first-order valence-corrected chi connectivity index (χ1v) is 6.56. The summed E-state index contributed by atoms with van der Waals surface area (Å²) in [4.78, 5) is 5.18. The second kappa shape index (κ2) is 6.23. The Morgan fingerprint density at radius 3 is 2.75 bits per heavy atom. The van der Waals surface area contributed by atoms with Gasteiger partial charge in [-0.25, -0.2) is 0 Å². The molecule has 1 aliphatic heterocycles. The van der Waals surface area contributed by atoms with E-state index in [1.165, 1.54) is 0 Å². The molecule has 0 radical (unpaired) electrons. The van der Waals surface area contributed by atoms with E-state index in [4.69, 9.17) is 31.2 Å². The van der Waals surface area contributed by atoms with Crippen LogP contribution < -0.4 is 0 Å². The Morgan fingerprint density at radius 1 is 1.50 bits per heavy atom. The van der Waals surface area contributed by atoms with Gasteiger partial charge in [0.05, 0.1) is 6.61 Å². The molecule has 1 atom stereocenters. The number of rotatable bonds is 4. The molecule has 0 spiro atoms. The summed E-state index contributed by atoms with van der Waals surface area (Å²) in [5, 5.41) is 13.5. The zero-order chi connectivity index (χ0) is 14.6. The minimum Gasteiger partial charge on any atom is -0.392 e. The van der Waals surface area contributed by atoms with Crippen LogP contribution in [0.1, 0.15) is 19.4 Å². The number of nitrogens with zero attached hydrogens (tertiary/aromatic N) is 2. The van der Waals surface area contributed by atoms with Gasteiger partial charge in [-0.05, 0) is 26.0 Å². The van der Waals surface area contributed by atoms with Gasteiger partial charge in [0, 0.05) is 10.6 Å². The topological polar surface area (TPSA) is 63.8 Å². The van der Waals surface area contributed by atoms with Gasteiger partial charge in [-0.15, -0.1) is 0 Å². The van der Waals surface area contributed by atoms with Crippen molar-refractivity contribution in [3.8, 4) is 6.07 Å². The van der Waals surface area contributed by atoms with Crippen molar-refractivity contribution in [1.29, 1.82) is 5.26 Å². The van der Waals surface area contributed by atoms with Gasteiger partial charge in [-0.1, -0.05) is 28.9 Å². The van der Waals surface area contributed by atoms with Crippen LogP contribution in [0.2, 0.25) is 5.02 Å². The molecule has 1 saturated heterocycles. The number of ether oxygens (including phenoxy) is 2. The third-order valence-electron chi connectivity index (χ3n) is 2.71. The molecule has 0 aliphatic carbocycles. The SMILES string of the molecule is CC1(C)OCC(CON=C(C#N)c2ccc(Cl)cc2)O1. The molecule has 0 aromatic heterocycles. The summed E-state index contributed by atoms with van der Waals surface area (Å²) >= 11 is 5.79. The molecule has 20 heavy (non-hydrogen) atoms. The molecule has 106 valence electrons. The predicted molar refractivity (Wildman–Crippen MR) is 74.5 cm³/mol. The van der Waals surface area contributed by atoms with E-state index in [-0.39, 0.29) is 18.4 Å². The number of hydrogen-bond acceptors (Lipinski definition) is 5. The molecule has 1 fully saturated rings. The lowest BCUT2D eigenvalue weighted by Gasteiger charge is -2.16. The van der Waals surface area contributed by atoms with Gasteiger partial charge < -0.3 is 14.3 Å². The van der Waals surface area contributed by atoms with Gasteiger partial charge in [-0.3, -0.25) is 0 Å². The monoisotopic (exact) mass is 294 g/mol. The Bertz CT molecular complexity index is 534. The summed E-state index contributed by atoms with van der Waals surface area (Å²) in [5.74, 6) is -0.591. The number of nitriles is 1. The van der Waals surface area contributed by atoms with E-state index in [0.717, 1.165) is 0 Å². The van der Waals surface area contributed by atoms with Crippen molar-refractivity contribution in [2.45, 2.75) is 25.7 Å². The van der Waals surface area contributed by atoms with Crippen molar-refractivity contribution < 1.29 is 14.3 Å². The minimum atomic E-state index is -0.591. The molecular formula is C14H15ClN2O3. The molecule has 5 nitrogen and oxygen atoms in total. The second-order valence-electron chi connectivity index (χ2n) is 4.81. The van der Waals surface area contributed by atoms with Crippen molar-refractivity contribution in [2.75, 3.05) is 13.2 Å². The van der Waals surface area contributed by atoms with Crippen LogP contribution in [0.5, 0.6) is 0 Å². The predicted octanol–water partition coefficient (Wildman–Crippen LogP) is 2.74. The summed E-state index contributed by atoms with van der Waals surface area (Å²) in [7, 11) is 0. The lowest BCUT2D eigenvalue weighted by atomic mass is 10.1. The molecule has 0 N–H and O–H groups in total. The summed E-state index contributed by atoms with van der Waals surface area (Å²) in [6.07, 6.45) is -0.182. The van der Waals surface area contributed by atoms with Gasteiger partial charge in [0.25, 0.3) is 0 Å². The molecule has 1 aromatic rings. The Labute approximate surface area is 122 Å². The van der Waals surface area contributed by atoms with E-state index in [2.05, 4.69) is 5.16 Å². The molecule has 0 saturated carbocycles. The standard InChI is InChI=1S/C14H15ClN2O3/c1-14(2)18-8-12(20-14)9-19-17-13(7-16)10-3-5-11(15)6-4-10/h3-6,12H,8-9H2,1-2H3.